The van der Waals surface area contributed by atoms with E-state index >= 15 is 0 Å². The lowest BCUT2D eigenvalue weighted by Crippen LogP contribution is -2.31. The molecule has 1 aliphatic heterocycles. The van der Waals surface area contributed by atoms with Gasteiger partial charge in [-0.1, -0.05) is 18.2 Å². The number of anilines is 1. The highest BCUT2D eigenvalue weighted by Crippen LogP contribution is 2.35. The van der Waals surface area contributed by atoms with Crippen molar-refractivity contribution in [3.05, 3.63) is 68.8 Å². The lowest BCUT2D eigenvalue weighted by atomic mass is 10.1. The van der Waals surface area contributed by atoms with Crippen LogP contribution < -0.4 is 4.90 Å². The molecule has 3 heterocycles. The van der Waals surface area contributed by atoms with Crippen LogP contribution in [0.1, 0.15) is 27.9 Å². The largest absolute Gasteiger partial charge is 0.417 e. The van der Waals surface area contributed by atoms with E-state index in [2.05, 4.69) is 20.9 Å². The van der Waals surface area contributed by atoms with Gasteiger partial charge in [0.25, 0.3) is 0 Å². The topological polar surface area (TPSA) is 34.0 Å². The number of para-hydroxylation sites is 1. The molecule has 3 aromatic rings. The van der Waals surface area contributed by atoms with Crippen molar-refractivity contribution in [3.63, 3.8) is 0 Å². The van der Waals surface area contributed by atoms with Gasteiger partial charge in [0.2, 0.25) is 0 Å². The Balaban J connectivity index is 1.69. The van der Waals surface area contributed by atoms with Crippen LogP contribution in [-0.4, -0.2) is 21.3 Å². The van der Waals surface area contributed by atoms with Gasteiger partial charge in [-0.15, -0.1) is 0 Å². The third-order valence-corrected chi connectivity index (χ3v) is 5.89. The van der Waals surface area contributed by atoms with Gasteiger partial charge >= 0.3 is 6.18 Å². The molecule has 0 fully saturated rings. The molecule has 0 amide bonds. The Morgan fingerprint density at radius 2 is 1.83 bits per heavy atom. The molecule has 1 aromatic carbocycles. The minimum atomic E-state index is -4.63. The molecule has 2 aromatic heterocycles. The van der Waals surface area contributed by atoms with Crippen molar-refractivity contribution in [1.82, 2.24) is 14.8 Å². The average Bonchev–Trinajstić information content (AvgIpc) is 2.97. The average molecular weight is 469 g/mol. The second-order valence-corrected chi connectivity index (χ2v) is 7.82. The van der Waals surface area contributed by atoms with Gasteiger partial charge in [0.05, 0.1) is 16.9 Å². The number of hydrogen-bond acceptors (Lipinski definition) is 3. The lowest BCUT2D eigenvalue weighted by molar-refractivity contribution is -0.138. The molecule has 0 N–H and O–H groups in total. The first-order valence-corrected chi connectivity index (χ1v) is 9.76. The first-order chi connectivity index (χ1) is 13.7. The number of fused-ring (bicyclic) bond motifs is 1. The zero-order valence-corrected chi connectivity index (χ0v) is 17.3. The van der Waals surface area contributed by atoms with Gasteiger partial charge in [0.1, 0.15) is 4.60 Å². The number of rotatable bonds is 2. The van der Waals surface area contributed by atoms with Crippen LogP contribution in [0.4, 0.5) is 23.4 Å². The molecule has 0 atom stereocenters. The van der Waals surface area contributed by atoms with Crippen molar-refractivity contribution in [2.24, 2.45) is 0 Å². The summed E-state index contributed by atoms with van der Waals surface area (Å²) in [6.07, 6.45) is -3.42. The molecule has 0 saturated carbocycles. The monoisotopic (exact) mass is 468 g/mol. The molecule has 0 radical (unpaired) electrons. The van der Waals surface area contributed by atoms with Crippen LogP contribution in [0.25, 0.3) is 5.69 Å². The summed E-state index contributed by atoms with van der Waals surface area (Å²) in [5.41, 5.74) is 3.76. The van der Waals surface area contributed by atoms with E-state index < -0.39 is 17.6 Å². The number of pyridine rings is 1. The summed E-state index contributed by atoms with van der Waals surface area (Å²) in [7, 11) is 0. The number of hydrogen-bond donors (Lipinski definition) is 0. The van der Waals surface area contributed by atoms with Crippen molar-refractivity contribution in [2.45, 2.75) is 33.0 Å². The molecule has 29 heavy (non-hydrogen) atoms. The Morgan fingerprint density at radius 3 is 2.45 bits per heavy atom. The molecule has 0 bridgehead atoms. The number of aromatic nitrogens is 3. The van der Waals surface area contributed by atoms with Crippen molar-refractivity contribution in [2.75, 3.05) is 11.4 Å². The zero-order chi connectivity index (χ0) is 20.9. The first kappa shape index (κ1) is 19.9. The fourth-order valence-corrected chi connectivity index (χ4v) is 4.24. The third-order valence-electron chi connectivity index (χ3n) is 5.07. The minimum absolute atomic E-state index is 0.0876. The number of benzene rings is 1. The summed E-state index contributed by atoms with van der Waals surface area (Å²) < 4.78 is 55.3. The molecular weight excluding hydrogens is 452 g/mol. The van der Waals surface area contributed by atoms with E-state index in [0.29, 0.717) is 31.8 Å². The van der Waals surface area contributed by atoms with Gasteiger partial charge in [-0.25, -0.2) is 14.1 Å². The van der Waals surface area contributed by atoms with Crippen molar-refractivity contribution in [3.8, 4) is 5.69 Å². The van der Waals surface area contributed by atoms with Gasteiger partial charge < -0.3 is 4.90 Å². The zero-order valence-electron chi connectivity index (χ0n) is 15.7. The van der Waals surface area contributed by atoms with E-state index in [0.717, 1.165) is 32.7 Å². The predicted molar refractivity (Wildman–Crippen MR) is 105 cm³/mol. The lowest BCUT2D eigenvalue weighted by Gasteiger charge is -2.28. The highest BCUT2D eigenvalue weighted by Gasteiger charge is 2.33. The Hall–Kier alpha value is -2.42. The van der Waals surface area contributed by atoms with Crippen LogP contribution in [0.5, 0.6) is 0 Å². The summed E-state index contributed by atoms with van der Waals surface area (Å²) in [6, 6.07) is 6.48. The highest BCUT2D eigenvalue weighted by molar-refractivity contribution is 9.10. The second kappa shape index (κ2) is 7.12. The van der Waals surface area contributed by atoms with Gasteiger partial charge in [0, 0.05) is 31.3 Å². The summed E-state index contributed by atoms with van der Waals surface area (Å²) in [4.78, 5) is 5.39. The fourth-order valence-electron chi connectivity index (χ4n) is 3.63. The maximum atomic E-state index is 14.4. The fraction of sp³-hybridized carbons (Fsp3) is 0.300. The van der Waals surface area contributed by atoms with E-state index in [4.69, 9.17) is 5.10 Å². The Labute approximate surface area is 173 Å². The van der Waals surface area contributed by atoms with E-state index in [1.54, 1.807) is 4.90 Å². The number of halogens is 5. The maximum Gasteiger partial charge on any atom is 0.417 e. The minimum Gasteiger partial charge on any atom is -0.349 e. The summed E-state index contributed by atoms with van der Waals surface area (Å²) >= 11 is 3.61. The van der Waals surface area contributed by atoms with Crippen LogP contribution in [0.2, 0.25) is 0 Å². The predicted octanol–water partition coefficient (Wildman–Crippen LogP) is 5.37. The summed E-state index contributed by atoms with van der Waals surface area (Å²) in [5, 5.41) is 4.72. The molecule has 0 unspecified atom stereocenters. The SMILES string of the molecule is Cc1cccc(C)c1-n1nc2c(c1Br)CN(c1ncc(C(F)(F)F)cc1F)CC2. The summed E-state index contributed by atoms with van der Waals surface area (Å²) in [6.45, 7) is 4.72. The van der Waals surface area contributed by atoms with Crippen LogP contribution >= 0.6 is 15.9 Å². The van der Waals surface area contributed by atoms with Crippen molar-refractivity contribution >= 4 is 21.7 Å². The Bertz CT molecular complexity index is 1070. The molecule has 4 rings (SSSR count). The van der Waals surface area contributed by atoms with Gasteiger partial charge in [-0.05, 0) is 47.0 Å². The smallest absolute Gasteiger partial charge is 0.349 e. The van der Waals surface area contributed by atoms with Gasteiger partial charge in [-0.3, -0.25) is 0 Å². The van der Waals surface area contributed by atoms with E-state index in [1.807, 2.05) is 36.7 Å². The van der Waals surface area contributed by atoms with E-state index in [9.17, 15) is 17.6 Å². The number of aryl methyl sites for hydroxylation is 2. The molecule has 0 spiro atoms. The van der Waals surface area contributed by atoms with E-state index in [-0.39, 0.29) is 5.82 Å². The normalized spacial score (nSPS) is 14.2. The third kappa shape index (κ3) is 3.52. The van der Waals surface area contributed by atoms with Crippen LogP contribution in [-0.2, 0) is 19.1 Å². The van der Waals surface area contributed by atoms with E-state index in [1.165, 1.54) is 0 Å². The van der Waals surface area contributed by atoms with Crippen LogP contribution in [0.3, 0.4) is 0 Å². The molecule has 0 aliphatic carbocycles. The Kier molecular flexibility index (Phi) is 4.88. The Morgan fingerprint density at radius 1 is 1.14 bits per heavy atom. The molecule has 0 saturated heterocycles. The first-order valence-electron chi connectivity index (χ1n) is 8.97. The standard InChI is InChI=1S/C20H17BrF4N4/c1-11-4-3-5-12(2)17(11)29-18(21)14-10-28(7-6-16(14)27-29)19-15(22)8-13(9-26-19)20(23,24)25/h3-5,8-9H,6-7,10H2,1-2H3. The van der Waals surface area contributed by atoms with Crippen molar-refractivity contribution < 1.29 is 17.6 Å². The number of nitrogens with zero attached hydrogens (tertiary/aromatic N) is 4. The molecule has 1 aliphatic rings. The quantitative estimate of drug-likeness (QED) is 0.474. The molecular formula is C20H17BrF4N4. The summed E-state index contributed by atoms with van der Waals surface area (Å²) in [5.74, 6) is -1.07. The molecule has 4 nitrogen and oxygen atoms in total. The van der Waals surface area contributed by atoms with Crippen LogP contribution in [0, 0.1) is 19.7 Å². The van der Waals surface area contributed by atoms with Gasteiger partial charge in [0.15, 0.2) is 11.6 Å². The van der Waals surface area contributed by atoms with Crippen molar-refractivity contribution in [1.29, 1.82) is 0 Å². The number of alkyl halides is 3. The highest BCUT2D eigenvalue weighted by atomic mass is 79.9. The van der Waals surface area contributed by atoms with Gasteiger partial charge in [-0.2, -0.15) is 18.3 Å². The molecule has 9 heteroatoms. The second-order valence-electron chi connectivity index (χ2n) is 7.07. The van der Waals surface area contributed by atoms with Crippen LogP contribution in [0.15, 0.2) is 35.1 Å². The molecule has 152 valence electrons. The maximum absolute atomic E-state index is 14.4.